The second-order valence-electron chi connectivity index (χ2n) is 4.45. The first kappa shape index (κ1) is 13.8. The van der Waals surface area contributed by atoms with E-state index in [2.05, 4.69) is 66.8 Å². The summed E-state index contributed by atoms with van der Waals surface area (Å²) in [5, 5.41) is 7.42. The standard InChI is InChI=1S/C16H12.C2H4O2/c1-2-6-13(7-3-1)12-15-11-10-14-8-4-5-9-16(14)15;1-2(3)4/h1-12H;1H3,(H,3,4)/b15-12+;. The fourth-order valence-corrected chi connectivity index (χ4v) is 2.03. The van der Waals surface area contributed by atoms with Gasteiger partial charge in [0.15, 0.2) is 0 Å². The van der Waals surface area contributed by atoms with E-state index in [1.54, 1.807) is 0 Å². The van der Waals surface area contributed by atoms with E-state index in [4.69, 9.17) is 9.90 Å². The lowest BCUT2D eigenvalue weighted by molar-refractivity contribution is -0.134. The number of hydrogen-bond acceptors (Lipinski definition) is 1. The van der Waals surface area contributed by atoms with Crippen LogP contribution in [0.1, 0.15) is 23.6 Å². The number of allylic oxidation sites excluding steroid dienone is 2. The van der Waals surface area contributed by atoms with Gasteiger partial charge in [-0.05, 0) is 28.3 Å². The minimum atomic E-state index is -0.833. The second-order valence-corrected chi connectivity index (χ2v) is 4.45. The van der Waals surface area contributed by atoms with Crippen LogP contribution in [0.2, 0.25) is 0 Å². The van der Waals surface area contributed by atoms with Crippen molar-refractivity contribution in [1.82, 2.24) is 0 Å². The van der Waals surface area contributed by atoms with E-state index >= 15 is 0 Å². The number of fused-ring (bicyclic) bond motifs is 1. The Morgan fingerprint density at radius 1 is 0.950 bits per heavy atom. The Kier molecular flexibility index (Phi) is 4.51. The number of aliphatic carboxylic acids is 1. The highest BCUT2D eigenvalue weighted by atomic mass is 16.4. The van der Waals surface area contributed by atoms with Crippen LogP contribution in [0.4, 0.5) is 0 Å². The maximum Gasteiger partial charge on any atom is 0.300 e. The van der Waals surface area contributed by atoms with Crippen LogP contribution in [0.25, 0.3) is 17.7 Å². The number of benzene rings is 2. The number of hydrogen-bond donors (Lipinski definition) is 1. The molecular weight excluding hydrogens is 248 g/mol. The molecule has 2 heteroatoms. The summed E-state index contributed by atoms with van der Waals surface area (Å²) in [6.07, 6.45) is 6.57. The molecule has 0 unspecified atom stereocenters. The predicted molar refractivity (Wildman–Crippen MR) is 83.1 cm³/mol. The van der Waals surface area contributed by atoms with E-state index in [0.29, 0.717) is 0 Å². The summed E-state index contributed by atoms with van der Waals surface area (Å²) in [6.45, 7) is 1.08. The van der Waals surface area contributed by atoms with Crippen molar-refractivity contribution in [2.75, 3.05) is 0 Å². The van der Waals surface area contributed by atoms with Crippen molar-refractivity contribution >= 4 is 23.7 Å². The highest BCUT2D eigenvalue weighted by Crippen LogP contribution is 2.30. The van der Waals surface area contributed by atoms with Gasteiger partial charge in [0, 0.05) is 6.92 Å². The molecule has 3 rings (SSSR count). The van der Waals surface area contributed by atoms with Crippen LogP contribution < -0.4 is 0 Å². The first-order valence-corrected chi connectivity index (χ1v) is 6.40. The van der Waals surface area contributed by atoms with E-state index in [-0.39, 0.29) is 0 Å². The molecule has 0 aliphatic heterocycles. The van der Waals surface area contributed by atoms with Crippen LogP contribution in [0.15, 0.2) is 60.7 Å². The normalized spacial score (nSPS) is 13.6. The summed E-state index contributed by atoms with van der Waals surface area (Å²) in [7, 11) is 0. The monoisotopic (exact) mass is 264 g/mol. The third-order valence-electron chi connectivity index (χ3n) is 2.84. The molecule has 100 valence electrons. The molecule has 2 nitrogen and oxygen atoms in total. The van der Waals surface area contributed by atoms with Gasteiger partial charge in [0.25, 0.3) is 5.97 Å². The second kappa shape index (κ2) is 6.53. The number of carbonyl (C=O) groups is 1. The van der Waals surface area contributed by atoms with Crippen LogP contribution in [-0.2, 0) is 4.79 Å². The number of carboxylic acid groups (broad SMARTS) is 1. The Balaban J connectivity index is 0.000000328. The summed E-state index contributed by atoms with van der Waals surface area (Å²) in [5.74, 6) is -0.833. The van der Waals surface area contributed by atoms with Crippen molar-refractivity contribution in [1.29, 1.82) is 0 Å². The molecule has 2 aromatic rings. The molecule has 0 bridgehead atoms. The Morgan fingerprint density at radius 3 is 2.25 bits per heavy atom. The third kappa shape index (κ3) is 3.69. The highest BCUT2D eigenvalue weighted by Gasteiger charge is 2.08. The molecule has 0 fully saturated rings. The zero-order valence-electron chi connectivity index (χ0n) is 11.3. The van der Waals surface area contributed by atoms with E-state index < -0.39 is 5.97 Å². The minimum absolute atomic E-state index is 0.833. The fourth-order valence-electron chi connectivity index (χ4n) is 2.03. The summed E-state index contributed by atoms with van der Waals surface area (Å²) in [4.78, 5) is 9.00. The summed E-state index contributed by atoms with van der Waals surface area (Å²) < 4.78 is 0. The molecule has 0 spiro atoms. The molecule has 20 heavy (non-hydrogen) atoms. The van der Waals surface area contributed by atoms with Gasteiger partial charge in [0.1, 0.15) is 0 Å². The van der Waals surface area contributed by atoms with Crippen LogP contribution in [0.5, 0.6) is 0 Å². The van der Waals surface area contributed by atoms with E-state index in [1.165, 1.54) is 22.3 Å². The Labute approximate surface area is 118 Å². The molecule has 1 aliphatic rings. The number of rotatable bonds is 1. The highest BCUT2D eigenvalue weighted by molar-refractivity contribution is 5.97. The van der Waals surface area contributed by atoms with E-state index in [9.17, 15) is 0 Å². The summed E-state index contributed by atoms with van der Waals surface area (Å²) in [5.41, 5.74) is 5.18. The lowest BCUT2D eigenvalue weighted by Crippen LogP contribution is -1.79. The first-order valence-electron chi connectivity index (χ1n) is 6.40. The lowest BCUT2D eigenvalue weighted by atomic mass is 10.0. The van der Waals surface area contributed by atoms with Crippen LogP contribution in [0.3, 0.4) is 0 Å². The van der Waals surface area contributed by atoms with Gasteiger partial charge in [-0.15, -0.1) is 0 Å². The van der Waals surface area contributed by atoms with Gasteiger partial charge in [-0.1, -0.05) is 66.7 Å². The SMILES string of the molecule is C1=Cc2ccccc2/C1=C/c1ccccc1.CC(=O)O. The fraction of sp³-hybridized carbons (Fsp3) is 0.0556. The van der Waals surface area contributed by atoms with E-state index in [0.717, 1.165) is 6.92 Å². The zero-order valence-corrected chi connectivity index (χ0v) is 11.3. The molecule has 0 amide bonds. The van der Waals surface area contributed by atoms with Gasteiger partial charge in [0.05, 0.1) is 0 Å². The average molecular weight is 264 g/mol. The molecule has 0 heterocycles. The molecule has 0 aromatic heterocycles. The maximum atomic E-state index is 9.00. The summed E-state index contributed by atoms with van der Waals surface area (Å²) in [6, 6.07) is 18.9. The van der Waals surface area contributed by atoms with Gasteiger partial charge < -0.3 is 5.11 Å². The smallest absolute Gasteiger partial charge is 0.300 e. The van der Waals surface area contributed by atoms with Crippen LogP contribution in [0, 0.1) is 0 Å². The van der Waals surface area contributed by atoms with Gasteiger partial charge in [-0.25, -0.2) is 0 Å². The molecule has 0 radical (unpaired) electrons. The molecule has 2 aromatic carbocycles. The molecular formula is C18H16O2. The Morgan fingerprint density at radius 2 is 1.55 bits per heavy atom. The van der Waals surface area contributed by atoms with Gasteiger partial charge >= 0.3 is 0 Å². The van der Waals surface area contributed by atoms with Gasteiger partial charge in [0.2, 0.25) is 0 Å². The van der Waals surface area contributed by atoms with Crippen molar-refractivity contribution < 1.29 is 9.90 Å². The number of carboxylic acids is 1. The molecule has 0 saturated carbocycles. The van der Waals surface area contributed by atoms with Crippen LogP contribution in [-0.4, -0.2) is 11.1 Å². The molecule has 1 aliphatic carbocycles. The molecule has 0 saturated heterocycles. The van der Waals surface area contributed by atoms with Gasteiger partial charge in [-0.3, -0.25) is 4.79 Å². The predicted octanol–water partition coefficient (Wildman–Crippen LogP) is 4.34. The maximum absolute atomic E-state index is 9.00. The molecule has 0 atom stereocenters. The molecule has 1 N–H and O–H groups in total. The first-order chi connectivity index (χ1) is 9.66. The lowest BCUT2D eigenvalue weighted by Gasteiger charge is -2.00. The quantitative estimate of drug-likeness (QED) is 0.831. The zero-order chi connectivity index (χ0) is 14.4. The Hall–Kier alpha value is -2.61. The van der Waals surface area contributed by atoms with E-state index in [1.807, 2.05) is 6.07 Å². The minimum Gasteiger partial charge on any atom is -0.481 e. The third-order valence-corrected chi connectivity index (χ3v) is 2.84. The largest absolute Gasteiger partial charge is 0.481 e. The average Bonchev–Trinajstić information content (AvgIpc) is 2.83. The van der Waals surface area contributed by atoms with Gasteiger partial charge in [-0.2, -0.15) is 0 Å². The van der Waals surface area contributed by atoms with Crippen molar-refractivity contribution in [3.8, 4) is 0 Å². The van der Waals surface area contributed by atoms with Crippen molar-refractivity contribution in [3.05, 3.63) is 77.4 Å². The van der Waals surface area contributed by atoms with Crippen molar-refractivity contribution in [2.24, 2.45) is 0 Å². The summed E-state index contributed by atoms with van der Waals surface area (Å²) >= 11 is 0. The van der Waals surface area contributed by atoms with Crippen molar-refractivity contribution in [2.45, 2.75) is 6.92 Å². The van der Waals surface area contributed by atoms with Crippen molar-refractivity contribution in [3.63, 3.8) is 0 Å². The van der Waals surface area contributed by atoms with Crippen LogP contribution >= 0.6 is 0 Å². The topological polar surface area (TPSA) is 37.3 Å². The Bertz CT molecular complexity index is 648.